The number of H-pyrrole nitrogens is 1. The molecule has 3 aromatic rings. The number of anilines is 1. The van der Waals surface area contributed by atoms with Crippen LogP contribution in [0.5, 0.6) is 0 Å². The van der Waals surface area contributed by atoms with Gasteiger partial charge in [-0.3, -0.25) is 14.7 Å². The Morgan fingerprint density at radius 1 is 1.18 bits per heavy atom. The van der Waals surface area contributed by atoms with Crippen LogP contribution in [-0.2, 0) is 24.2 Å². The summed E-state index contributed by atoms with van der Waals surface area (Å²) in [7, 11) is 0. The number of amides is 2. The molecule has 7 heteroatoms. The molecule has 2 N–H and O–H groups in total. The summed E-state index contributed by atoms with van der Waals surface area (Å²) in [6, 6.07) is 13.0. The molecule has 2 aliphatic heterocycles. The number of carbonyl (C=O) groups is 2. The molecule has 0 radical (unpaired) electrons. The molecule has 6 nitrogen and oxygen atoms in total. The van der Waals surface area contributed by atoms with Crippen LogP contribution in [0.1, 0.15) is 27.2 Å². The molecule has 2 aliphatic rings. The van der Waals surface area contributed by atoms with Gasteiger partial charge in [0.05, 0.1) is 12.1 Å². The average molecular weight is 393 g/mol. The van der Waals surface area contributed by atoms with E-state index in [1.54, 1.807) is 12.1 Å². The maximum atomic E-state index is 13.1. The molecule has 28 heavy (non-hydrogen) atoms. The molecule has 140 valence electrons. The smallest absolute Gasteiger partial charge is 0.254 e. The van der Waals surface area contributed by atoms with E-state index in [1.807, 2.05) is 35.2 Å². The van der Waals surface area contributed by atoms with Gasteiger partial charge < -0.3 is 10.2 Å². The van der Waals surface area contributed by atoms with Crippen molar-refractivity contribution in [3.05, 3.63) is 69.9 Å². The van der Waals surface area contributed by atoms with Crippen molar-refractivity contribution in [2.45, 2.75) is 19.4 Å². The SMILES string of the molecule is O=C1Cc2cc(C(=O)N3CCc4[nH]nc(-c5cccc(Cl)c5)c4C3)ccc2N1. The van der Waals surface area contributed by atoms with Crippen molar-refractivity contribution in [2.75, 3.05) is 11.9 Å². The number of hydrogen-bond donors (Lipinski definition) is 2. The number of rotatable bonds is 2. The second-order valence-electron chi connectivity index (χ2n) is 7.11. The number of hydrogen-bond acceptors (Lipinski definition) is 3. The van der Waals surface area contributed by atoms with Crippen molar-refractivity contribution >= 4 is 29.1 Å². The van der Waals surface area contributed by atoms with Crippen LogP contribution in [0, 0.1) is 0 Å². The van der Waals surface area contributed by atoms with Gasteiger partial charge in [-0.2, -0.15) is 5.10 Å². The fraction of sp³-hybridized carbons (Fsp3) is 0.190. The molecule has 0 fully saturated rings. The number of fused-ring (bicyclic) bond motifs is 2. The van der Waals surface area contributed by atoms with Crippen molar-refractivity contribution in [3.8, 4) is 11.3 Å². The van der Waals surface area contributed by atoms with Crippen LogP contribution >= 0.6 is 11.6 Å². The van der Waals surface area contributed by atoms with Gasteiger partial charge in [0.25, 0.3) is 5.91 Å². The molecule has 0 bridgehead atoms. The van der Waals surface area contributed by atoms with Gasteiger partial charge in [0.2, 0.25) is 5.91 Å². The van der Waals surface area contributed by atoms with Crippen molar-refractivity contribution in [3.63, 3.8) is 0 Å². The normalized spacial score (nSPS) is 15.2. The highest BCUT2D eigenvalue weighted by Crippen LogP contribution is 2.31. The third-order valence-corrected chi connectivity index (χ3v) is 5.53. The maximum absolute atomic E-state index is 13.1. The van der Waals surface area contributed by atoms with Crippen molar-refractivity contribution in [1.82, 2.24) is 15.1 Å². The second-order valence-corrected chi connectivity index (χ2v) is 7.55. The Kier molecular flexibility index (Phi) is 3.94. The first-order valence-electron chi connectivity index (χ1n) is 9.12. The molecule has 2 amide bonds. The average Bonchev–Trinajstić information content (AvgIpc) is 3.28. The molecule has 0 saturated carbocycles. The van der Waals surface area contributed by atoms with Crippen LogP contribution in [0.25, 0.3) is 11.3 Å². The number of benzene rings is 2. The Hall–Kier alpha value is -3.12. The minimum atomic E-state index is -0.0361. The molecule has 1 aromatic heterocycles. The van der Waals surface area contributed by atoms with Crippen LogP contribution in [0.15, 0.2) is 42.5 Å². The van der Waals surface area contributed by atoms with Gasteiger partial charge in [0.1, 0.15) is 0 Å². The third kappa shape index (κ3) is 2.86. The fourth-order valence-electron chi connectivity index (χ4n) is 3.89. The lowest BCUT2D eigenvalue weighted by molar-refractivity contribution is -0.115. The molecule has 0 aliphatic carbocycles. The van der Waals surface area contributed by atoms with Crippen LogP contribution in [0.4, 0.5) is 5.69 Å². The summed E-state index contributed by atoms with van der Waals surface area (Å²) < 4.78 is 0. The Morgan fingerprint density at radius 2 is 2.07 bits per heavy atom. The lowest BCUT2D eigenvalue weighted by atomic mass is 10.00. The van der Waals surface area contributed by atoms with Crippen LogP contribution in [0.3, 0.4) is 0 Å². The van der Waals surface area contributed by atoms with E-state index in [1.165, 1.54) is 0 Å². The molecule has 2 aromatic carbocycles. The molecule has 0 spiro atoms. The lowest BCUT2D eigenvalue weighted by Gasteiger charge is -2.27. The predicted molar refractivity (Wildman–Crippen MR) is 106 cm³/mol. The quantitative estimate of drug-likeness (QED) is 0.701. The van der Waals surface area contributed by atoms with E-state index in [4.69, 9.17) is 11.6 Å². The van der Waals surface area contributed by atoms with Gasteiger partial charge in [-0.25, -0.2) is 0 Å². The minimum Gasteiger partial charge on any atom is -0.334 e. The van der Waals surface area contributed by atoms with E-state index in [0.717, 1.165) is 40.2 Å². The van der Waals surface area contributed by atoms with Gasteiger partial charge in [-0.05, 0) is 35.9 Å². The molecule has 3 heterocycles. The second kappa shape index (κ2) is 6.49. The van der Waals surface area contributed by atoms with E-state index in [0.29, 0.717) is 30.1 Å². The molecule has 5 rings (SSSR count). The number of carbonyl (C=O) groups excluding carboxylic acids is 2. The third-order valence-electron chi connectivity index (χ3n) is 5.30. The molecular formula is C21H17ClN4O2. The number of nitrogens with zero attached hydrogens (tertiary/aromatic N) is 2. The van der Waals surface area contributed by atoms with Gasteiger partial charge >= 0.3 is 0 Å². The summed E-state index contributed by atoms with van der Waals surface area (Å²) >= 11 is 6.13. The van der Waals surface area contributed by atoms with Crippen LogP contribution in [-0.4, -0.2) is 33.5 Å². The first-order valence-corrected chi connectivity index (χ1v) is 9.50. The van der Waals surface area contributed by atoms with Crippen molar-refractivity contribution in [1.29, 1.82) is 0 Å². The highest BCUT2D eigenvalue weighted by Gasteiger charge is 2.27. The van der Waals surface area contributed by atoms with Crippen molar-refractivity contribution < 1.29 is 9.59 Å². The minimum absolute atomic E-state index is 0.0354. The summed E-state index contributed by atoms with van der Waals surface area (Å²) in [6.45, 7) is 1.11. The summed E-state index contributed by atoms with van der Waals surface area (Å²) in [4.78, 5) is 26.5. The highest BCUT2D eigenvalue weighted by atomic mass is 35.5. The Morgan fingerprint density at radius 3 is 2.93 bits per heavy atom. The summed E-state index contributed by atoms with van der Waals surface area (Å²) in [5, 5.41) is 11.0. The largest absolute Gasteiger partial charge is 0.334 e. The Balaban J connectivity index is 1.43. The number of nitrogens with one attached hydrogen (secondary N) is 2. The van der Waals surface area contributed by atoms with E-state index >= 15 is 0 Å². The number of halogens is 1. The summed E-state index contributed by atoms with van der Waals surface area (Å²) in [5.74, 6) is -0.0715. The molecule has 0 saturated heterocycles. The summed E-state index contributed by atoms with van der Waals surface area (Å²) in [5.41, 5.74) is 6.12. The zero-order valence-corrected chi connectivity index (χ0v) is 15.7. The first kappa shape index (κ1) is 17.0. The van der Waals surface area contributed by atoms with E-state index in [9.17, 15) is 9.59 Å². The van der Waals surface area contributed by atoms with E-state index in [2.05, 4.69) is 15.5 Å². The summed E-state index contributed by atoms with van der Waals surface area (Å²) in [6.07, 6.45) is 1.04. The predicted octanol–water partition coefficient (Wildman–Crippen LogP) is 3.42. The van der Waals surface area contributed by atoms with Gasteiger partial charge in [0, 0.05) is 52.6 Å². The molecule has 0 atom stereocenters. The van der Waals surface area contributed by atoms with Gasteiger partial charge in [-0.15, -0.1) is 0 Å². The van der Waals surface area contributed by atoms with Crippen LogP contribution in [0.2, 0.25) is 5.02 Å². The van der Waals surface area contributed by atoms with Crippen LogP contribution < -0.4 is 5.32 Å². The molecule has 0 unspecified atom stereocenters. The monoisotopic (exact) mass is 392 g/mol. The zero-order valence-electron chi connectivity index (χ0n) is 15.0. The molecular weight excluding hydrogens is 376 g/mol. The van der Waals surface area contributed by atoms with Gasteiger partial charge in [0.15, 0.2) is 0 Å². The topological polar surface area (TPSA) is 78.1 Å². The standard InChI is InChI=1S/C21H17ClN4O2/c22-15-3-1-2-12(9-15)20-16-11-26(7-6-18(16)24-25-20)21(28)13-4-5-17-14(8-13)10-19(27)23-17/h1-5,8-9H,6-7,10-11H2,(H,23,27)(H,24,25). The Bertz CT molecular complexity index is 1120. The van der Waals surface area contributed by atoms with E-state index in [-0.39, 0.29) is 11.8 Å². The Labute approximate surface area is 166 Å². The van der Waals surface area contributed by atoms with E-state index < -0.39 is 0 Å². The lowest BCUT2D eigenvalue weighted by Crippen LogP contribution is -2.36. The maximum Gasteiger partial charge on any atom is 0.254 e. The highest BCUT2D eigenvalue weighted by molar-refractivity contribution is 6.30. The fourth-order valence-corrected chi connectivity index (χ4v) is 4.08. The van der Waals surface area contributed by atoms with Crippen molar-refractivity contribution in [2.24, 2.45) is 0 Å². The first-order chi connectivity index (χ1) is 13.6. The van der Waals surface area contributed by atoms with Gasteiger partial charge in [-0.1, -0.05) is 23.7 Å². The zero-order chi connectivity index (χ0) is 19.3. The number of aromatic amines is 1. The number of aromatic nitrogens is 2.